The molecule has 3 aliphatic heterocycles. The fourth-order valence-electron chi connectivity index (χ4n) is 5.61. The lowest BCUT2D eigenvalue weighted by molar-refractivity contribution is -0.124. The van der Waals surface area contributed by atoms with Gasteiger partial charge < -0.3 is 25.1 Å². The van der Waals surface area contributed by atoms with Crippen LogP contribution in [0.4, 0.5) is 8.78 Å². The Bertz CT molecular complexity index is 1320. The Morgan fingerprint density at radius 2 is 2.08 bits per heavy atom. The number of primary amides is 1. The summed E-state index contributed by atoms with van der Waals surface area (Å²) in [4.78, 5) is 16.6. The smallest absolute Gasteiger partial charge is 0.223 e. The van der Waals surface area contributed by atoms with E-state index >= 15 is 8.78 Å². The zero-order valence-electron chi connectivity index (χ0n) is 19.3. The van der Waals surface area contributed by atoms with Crippen molar-refractivity contribution in [3.63, 3.8) is 0 Å². The van der Waals surface area contributed by atoms with Gasteiger partial charge in [-0.3, -0.25) is 4.79 Å². The minimum Gasteiger partial charge on any atom is -0.480 e. The summed E-state index contributed by atoms with van der Waals surface area (Å²) in [6.45, 7) is 1.75. The average molecular weight is 515 g/mol. The van der Waals surface area contributed by atoms with Gasteiger partial charge in [0.2, 0.25) is 5.91 Å². The highest BCUT2D eigenvalue weighted by molar-refractivity contribution is 6.31. The number of fused-ring (bicyclic) bond motifs is 2. The van der Waals surface area contributed by atoms with Gasteiger partial charge >= 0.3 is 0 Å². The monoisotopic (exact) mass is 514 g/mol. The van der Waals surface area contributed by atoms with Crippen molar-refractivity contribution in [1.82, 2.24) is 14.9 Å². The lowest BCUT2D eigenvalue weighted by Crippen LogP contribution is -2.52. The van der Waals surface area contributed by atoms with Crippen LogP contribution >= 0.6 is 11.6 Å². The normalized spacial score (nSPS) is 27.1. The molecule has 3 aliphatic rings. The Morgan fingerprint density at radius 1 is 1.31 bits per heavy atom. The van der Waals surface area contributed by atoms with Crippen LogP contribution in [-0.2, 0) is 28.1 Å². The molecule has 0 spiro atoms. The number of carbonyl (C=O) groups excluding carboxylic acids is 1. The van der Waals surface area contributed by atoms with E-state index in [-0.39, 0.29) is 34.7 Å². The molecule has 1 fully saturated rings. The quantitative estimate of drug-likeness (QED) is 0.526. The number of ether oxygens (including phenoxy) is 2. The molecule has 1 amide bonds. The van der Waals surface area contributed by atoms with Crippen LogP contribution in [0.1, 0.15) is 34.6 Å². The number of benzene rings is 2. The van der Waals surface area contributed by atoms with Crippen LogP contribution in [0.5, 0.6) is 5.75 Å². The number of hydrogen-bond donors (Lipinski definition) is 2. The van der Waals surface area contributed by atoms with Gasteiger partial charge in [-0.2, -0.15) is 0 Å². The number of rotatable bonds is 6. The summed E-state index contributed by atoms with van der Waals surface area (Å²) < 4.78 is 44.6. The largest absolute Gasteiger partial charge is 0.480 e. The zero-order valence-corrected chi connectivity index (χ0v) is 20.1. The first-order valence-corrected chi connectivity index (χ1v) is 12.3. The Balaban J connectivity index is 1.47. The van der Waals surface area contributed by atoms with E-state index in [1.54, 1.807) is 10.8 Å². The zero-order chi connectivity index (χ0) is 25.0. The van der Waals surface area contributed by atoms with Gasteiger partial charge in [0, 0.05) is 49.5 Å². The Hall–Kier alpha value is -3.01. The molecule has 36 heavy (non-hydrogen) atoms. The van der Waals surface area contributed by atoms with Crippen molar-refractivity contribution in [1.29, 1.82) is 0 Å². The number of nitrogens with two attached hydrogens (primary N) is 1. The maximum atomic E-state index is 16.0. The molecule has 0 radical (unpaired) electrons. The SMILES string of the molecule is NC(=O)C1Cn2ccnc2C(F)C1c1c(Cl)c(F)cc2c1C[C@@](CNC1COC1)(c1ccccc1)O2. The average Bonchev–Trinajstić information content (AvgIpc) is 3.45. The van der Waals surface area contributed by atoms with E-state index in [9.17, 15) is 4.79 Å². The van der Waals surface area contributed by atoms with Gasteiger partial charge in [-0.05, 0) is 11.1 Å². The summed E-state index contributed by atoms with van der Waals surface area (Å²) in [5.41, 5.74) is 6.54. The minimum atomic E-state index is -1.70. The van der Waals surface area contributed by atoms with Crippen molar-refractivity contribution < 1.29 is 23.0 Å². The number of imidazole rings is 1. The van der Waals surface area contributed by atoms with Gasteiger partial charge in [0.15, 0.2) is 11.8 Å². The van der Waals surface area contributed by atoms with Gasteiger partial charge in [-0.25, -0.2) is 13.8 Å². The maximum Gasteiger partial charge on any atom is 0.223 e. The second kappa shape index (κ2) is 8.83. The lowest BCUT2D eigenvalue weighted by Gasteiger charge is -2.35. The predicted octanol–water partition coefficient (Wildman–Crippen LogP) is 3.40. The summed E-state index contributed by atoms with van der Waals surface area (Å²) in [5.74, 6) is -3.02. The van der Waals surface area contributed by atoms with E-state index in [1.165, 1.54) is 12.3 Å². The molecule has 3 aromatic rings. The Labute approximate surface area is 211 Å². The van der Waals surface area contributed by atoms with Gasteiger partial charge in [-0.15, -0.1) is 0 Å². The van der Waals surface area contributed by atoms with E-state index in [0.717, 1.165) is 5.56 Å². The fourth-order valence-corrected chi connectivity index (χ4v) is 5.90. The van der Waals surface area contributed by atoms with Crippen molar-refractivity contribution in [3.8, 4) is 5.75 Å². The van der Waals surface area contributed by atoms with Crippen LogP contribution in [0.15, 0.2) is 48.8 Å². The number of nitrogens with zero attached hydrogens (tertiary/aromatic N) is 2. The van der Waals surface area contributed by atoms with E-state index in [0.29, 0.717) is 31.7 Å². The van der Waals surface area contributed by atoms with Gasteiger partial charge in [-0.1, -0.05) is 41.9 Å². The van der Waals surface area contributed by atoms with Crippen LogP contribution < -0.4 is 15.8 Å². The van der Waals surface area contributed by atoms with Gasteiger partial charge in [0.05, 0.1) is 30.2 Å². The fraction of sp³-hybridized carbons (Fsp3) is 0.385. The van der Waals surface area contributed by atoms with Crippen LogP contribution in [0, 0.1) is 11.7 Å². The van der Waals surface area contributed by atoms with E-state index < -0.39 is 35.3 Å². The van der Waals surface area contributed by atoms with Crippen LogP contribution in [0.25, 0.3) is 0 Å². The third kappa shape index (κ3) is 3.68. The first-order valence-electron chi connectivity index (χ1n) is 11.9. The molecule has 1 aromatic heterocycles. The van der Waals surface area contributed by atoms with Crippen LogP contribution in [0.2, 0.25) is 5.02 Å². The van der Waals surface area contributed by atoms with Crippen molar-refractivity contribution in [2.24, 2.45) is 11.7 Å². The molecule has 3 N–H and O–H groups in total. The number of aromatic nitrogens is 2. The summed E-state index contributed by atoms with van der Waals surface area (Å²) in [5, 5.41) is 3.25. The third-order valence-electron chi connectivity index (χ3n) is 7.54. The van der Waals surface area contributed by atoms with E-state index in [1.807, 2.05) is 30.3 Å². The molecule has 188 valence electrons. The first-order chi connectivity index (χ1) is 17.4. The second-order valence-electron chi connectivity index (χ2n) is 9.69. The van der Waals surface area contributed by atoms with Crippen molar-refractivity contribution in [2.45, 2.75) is 36.7 Å². The molecule has 2 aromatic carbocycles. The van der Waals surface area contributed by atoms with Crippen molar-refractivity contribution in [2.75, 3.05) is 19.8 Å². The van der Waals surface area contributed by atoms with E-state index in [4.69, 9.17) is 26.8 Å². The predicted molar refractivity (Wildman–Crippen MR) is 128 cm³/mol. The molecular weight excluding hydrogens is 490 g/mol. The minimum absolute atomic E-state index is 0.130. The molecule has 4 heterocycles. The molecule has 0 saturated carbocycles. The van der Waals surface area contributed by atoms with Crippen molar-refractivity contribution in [3.05, 3.63) is 82.1 Å². The molecular formula is C26H25ClF2N4O3. The number of amides is 1. The topological polar surface area (TPSA) is 91.4 Å². The Kier molecular flexibility index (Phi) is 5.74. The summed E-state index contributed by atoms with van der Waals surface area (Å²) in [6.07, 6.45) is 1.68. The molecule has 3 unspecified atom stereocenters. The number of hydrogen-bond acceptors (Lipinski definition) is 5. The highest BCUT2D eigenvalue weighted by Crippen LogP contribution is 2.53. The highest BCUT2D eigenvalue weighted by Gasteiger charge is 2.49. The highest BCUT2D eigenvalue weighted by atomic mass is 35.5. The molecule has 0 bridgehead atoms. The number of carbonyl (C=O) groups is 1. The van der Waals surface area contributed by atoms with Gasteiger partial charge in [0.1, 0.15) is 17.4 Å². The summed E-state index contributed by atoms with van der Waals surface area (Å²) >= 11 is 6.54. The van der Waals surface area contributed by atoms with Crippen LogP contribution in [-0.4, -0.2) is 41.3 Å². The molecule has 4 atom stereocenters. The Morgan fingerprint density at radius 3 is 2.78 bits per heavy atom. The number of nitrogens with one attached hydrogen (secondary N) is 1. The molecule has 6 rings (SSSR count). The second-order valence-corrected chi connectivity index (χ2v) is 10.1. The standard InChI is InChI=1S/C26H25ClF2N4O3/c27-22-18(28)8-19-16(20(22)21-17(24(30)34)10-33-7-6-31-25(33)23(21)29)9-26(36-19,13-32-15-11-35-12-15)14-4-2-1-3-5-14/h1-8,15,17,21,23,32H,9-13H2,(H2,30,34)/t17?,21?,23?,26-/m1/s1. The lowest BCUT2D eigenvalue weighted by atomic mass is 9.76. The number of halogens is 3. The molecule has 0 aliphatic carbocycles. The molecule has 1 saturated heterocycles. The van der Waals surface area contributed by atoms with Crippen molar-refractivity contribution >= 4 is 17.5 Å². The summed E-state index contributed by atoms with van der Waals surface area (Å²) in [6, 6.07) is 11.1. The maximum absolute atomic E-state index is 16.0. The third-order valence-corrected chi connectivity index (χ3v) is 7.93. The summed E-state index contributed by atoms with van der Waals surface area (Å²) in [7, 11) is 0. The van der Waals surface area contributed by atoms with E-state index in [2.05, 4.69) is 10.3 Å². The first kappa shape index (κ1) is 23.4. The molecule has 7 nitrogen and oxygen atoms in total. The number of alkyl halides is 1. The molecule has 10 heteroatoms. The van der Waals surface area contributed by atoms with Gasteiger partial charge in [0.25, 0.3) is 0 Å². The van der Waals surface area contributed by atoms with Crippen LogP contribution in [0.3, 0.4) is 0 Å².